The van der Waals surface area contributed by atoms with E-state index in [4.69, 9.17) is 4.74 Å². The molecule has 30 heavy (non-hydrogen) atoms. The lowest BCUT2D eigenvalue weighted by atomic mass is 10.1. The van der Waals surface area contributed by atoms with Crippen molar-refractivity contribution in [1.29, 1.82) is 0 Å². The Bertz CT molecular complexity index is 1080. The molecule has 0 aliphatic rings. The molecule has 154 valence electrons. The number of nitrogens with one attached hydrogen (secondary N) is 1. The Morgan fingerprint density at radius 2 is 1.83 bits per heavy atom. The van der Waals surface area contributed by atoms with Crippen molar-refractivity contribution >= 4 is 34.5 Å². The quantitative estimate of drug-likeness (QED) is 0.459. The molecule has 0 fully saturated rings. The number of esters is 1. The maximum atomic E-state index is 12.5. The summed E-state index contributed by atoms with van der Waals surface area (Å²) in [6.45, 7) is -1.66. The Morgan fingerprint density at radius 1 is 1.07 bits per heavy atom. The lowest BCUT2D eigenvalue weighted by molar-refractivity contribution is -0.148. The normalized spacial score (nSPS) is 12.1. The molecule has 6 nitrogen and oxygen atoms in total. The zero-order valence-electron chi connectivity index (χ0n) is 15.9. The average Bonchev–Trinajstić information content (AvgIpc) is 2.73. The first kappa shape index (κ1) is 20.9. The Hall–Kier alpha value is -3.81. The summed E-state index contributed by atoms with van der Waals surface area (Å²) in [7, 11) is 0. The van der Waals surface area contributed by atoms with Gasteiger partial charge in [-0.1, -0.05) is 36.4 Å². The second-order valence-electron chi connectivity index (χ2n) is 6.20. The number of fused-ring (bicyclic) bond motifs is 1. The smallest absolute Gasteiger partial charge is 0.387 e. The van der Waals surface area contributed by atoms with Crippen LogP contribution in [0.15, 0.2) is 66.9 Å². The Balaban J connectivity index is 1.63. The van der Waals surface area contributed by atoms with Gasteiger partial charge in [-0.15, -0.1) is 0 Å². The van der Waals surface area contributed by atoms with E-state index >= 15 is 0 Å². The zero-order valence-corrected chi connectivity index (χ0v) is 15.9. The number of carbonyl (C=O) groups is 2. The van der Waals surface area contributed by atoms with E-state index in [1.54, 1.807) is 24.4 Å². The third kappa shape index (κ3) is 5.38. The van der Waals surface area contributed by atoms with Gasteiger partial charge in [0.1, 0.15) is 5.75 Å². The fraction of sp³-hybridized carbons (Fsp3) is 0.136. The number of pyridine rings is 1. The van der Waals surface area contributed by atoms with Crippen LogP contribution in [0.1, 0.15) is 12.5 Å². The molecule has 2 aromatic carbocycles. The number of benzene rings is 2. The van der Waals surface area contributed by atoms with Crippen LogP contribution >= 0.6 is 0 Å². The van der Waals surface area contributed by atoms with E-state index in [9.17, 15) is 18.4 Å². The predicted octanol–water partition coefficient (Wildman–Crippen LogP) is 4.42. The van der Waals surface area contributed by atoms with Gasteiger partial charge in [-0.2, -0.15) is 8.78 Å². The first-order chi connectivity index (χ1) is 14.4. The first-order valence-electron chi connectivity index (χ1n) is 9.01. The van der Waals surface area contributed by atoms with Gasteiger partial charge in [0.05, 0.1) is 11.2 Å². The number of aromatic nitrogens is 1. The van der Waals surface area contributed by atoms with Crippen molar-refractivity contribution in [2.45, 2.75) is 19.6 Å². The first-order valence-corrected chi connectivity index (χ1v) is 9.01. The standard InChI is InChI=1S/C22H18F2N2O4/c1-14(21(28)26-17-9-2-3-10-18(17)30-22(23)24)29-19(27)12-11-16-7-4-6-15-8-5-13-25-20(15)16/h2-14,22H,1H3,(H,26,28)/b12-11+. The number of nitrogens with zero attached hydrogens (tertiary/aromatic N) is 1. The van der Waals surface area contributed by atoms with E-state index in [0.717, 1.165) is 16.5 Å². The lowest BCUT2D eigenvalue weighted by Crippen LogP contribution is -2.29. The molecule has 0 bridgehead atoms. The van der Waals surface area contributed by atoms with Crippen LogP contribution in [0.4, 0.5) is 14.5 Å². The van der Waals surface area contributed by atoms with Gasteiger partial charge in [0, 0.05) is 23.2 Å². The monoisotopic (exact) mass is 412 g/mol. The molecule has 0 spiro atoms. The molecule has 0 radical (unpaired) electrons. The number of halogens is 2. The van der Waals surface area contributed by atoms with Crippen molar-refractivity contribution in [3.8, 4) is 5.75 Å². The van der Waals surface area contributed by atoms with E-state index in [1.165, 1.54) is 31.2 Å². The highest BCUT2D eigenvalue weighted by atomic mass is 19.3. The van der Waals surface area contributed by atoms with Gasteiger partial charge in [0.2, 0.25) is 0 Å². The Kier molecular flexibility index (Phi) is 6.69. The zero-order chi connectivity index (χ0) is 21.5. The van der Waals surface area contributed by atoms with Crippen LogP contribution < -0.4 is 10.1 Å². The van der Waals surface area contributed by atoms with E-state index < -0.39 is 24.6 Å². The molecule has 1 amide bonds. The highest BCUT2D eigenvalue weighted by molar-refractivity contribution is 5.98. The van der Waals surface area contributed by atoms with Crippen LogP contribution in [0.5, 0.6) is 5.75 Å². The van der Waals surface area contributed by atoms with E-state index in [2.05, 4.69) is 15.0 Å². The minimum Gasteiger partial charge on any atom is -0.449 e. The molecule has 0 aliphatic heterocycles. The summed E-state index contributed by atoms with van der Waals surface area (Å²) in [4.78, 5) is 28.7. The summed E-state index contributed by atoms with van der Waals surface area (Å²) in [6.07, 6.45) is 3.24. The van der Waals surface area contributed by atoms with Gasteiger partial charge in [-0.3, -0.25) is 9.78 Å². The fourth-order valence-electron chi connectivity index (χ4n) is 2.69. The second-order valence-corrected chi connectivity index (χ2v) is 6.20. The SMILES string of the molecule is CC(OC(=O)/C=C/c1cccc2cccnc12)C(=O)Nc1ccccc1OC(F)F. The average molecular weight is 412 g/mol. The summed E-state index contributed by atoms with van der Waals surface area (Å²) in [5, 5.41) is 3.33. The van der Waals surface area contributed by atoms with Gasteiger partial charge in [0.25, 0.3) is 5.91 Å². The van der Waals surface area contributed by atoms with E-state index in [0.29, 0.717) is 0 Å². The van der Waals surface area contributed by atoms with Crippen LogP contribution in [-0.2, 0) is 14.3 Å². The maximum absolute atomic E-state index is 12.5. The van der Waals surface area contributed by atoms with Gasteiger partial charge in [-0.05, 0) is 31.2 Å². The number of para-hydroxylation sites is 3. The third-order valence-electron chi connectivity index (χ3n) is 4.09. The van der Waals surface area contributed by atoms with Crippen LogP contribution in [-0.4, -0.2) is 29.6 Å². The topological polar surface area (TPSA) is 77.5 Å². The van der Waals surface area contributed by atoms with Crippen molar-refractivity contribution in [2.75, 3.05) is 5.32 Å². The van der Waals surface area contributed by atoms with E-state index in [-0.39, 0.29) is 11.4 Å². The van der Waals surface area contributed by atoms with Crippen molar-refractivity contribution in [3.05, 3.63) is 72.4 Å². The number of hydrogen-bond acceptors (Lipinski definition) is 5. The lowest BCUT2D eigenvalue weighted by Gasteiger charge is -2.15. The van der Waals surface area contributed by atoms with Gasteiger partial charge in [-0.25, -0.2) is 4.79 Å². The molecule has 3 rings (SSSR count). The second kappa shape index (κ2) is 9.60. The van der Waals surface area contributed by atoms with Crippen molar-refractivity contribution in [3.63, 3.8) is 0 Å². The minimum atomic E-state index is -3.04. The highest BCUT2D eigenvalue weighted by Crippen LogP contribution is 2.25. The summed E-state index contributed by atoms with van der Waals surface area (Å²) in [6, 6.07) is 15.0. The number of carbonyl (C=O) groups excluding carboxylic acids is 2. The number of anilines is 1. The molecule has 0 saturated heterocycles. The summed E-state index contributed by atoms with van der Waals surface area (Å²) in [5.41, 5.74) is 1.49. The number of rotatable bonds is 7. The van der Waals surface area contributed by atoms with E-state index in [1.807, 2.05) is 24.3 Å². The molecular formula is C22H18F2N2O4. The van der Waals surface area contributed by atoms with Gasteiger partial charge < -0.3 is 14.8 Å². The number of ether oxygens (including phenoxy) is 2. The Morgan fingerprint density at radius 3 is 2.63 bits per heavy atom. The number of hydrogen-bond donors (Lipinski definition) is 1. The molecule has 1 atom stereocenters. The van der Waals surface area contributed by atoms with Crippen molar-refractivity contribution < 1.29 is 27.8 Å². The van der Waals surface area contributed by atoms with Crippen molar-refractivity contribution in [1.82, 2.24) is 4.98 Å². The Labute approximate surface area is 171 Å². The van der Waals surface area contributed by atoms with Crippen molar-refractivity contribution in [2.24, 2.45) is 0 Å². The maximum Gasteiger partial charge on any atom is 0.387 e. The number of amides is 1. The highest BCUT2D eigenvalue weighted by Gasteiger charge is 2.19. The minimum absolute atomic E-state index is 0.0445. The molecule has 1 N–H and O–H groups in total. The predicted molar refractivity (Wildman–Crippen MR) is 108 cm³/mol. The summed E-state index contributed by atoms with van der Waals surface area (Å²) >= 11 is 0. The molecule has 0 aliphatic carbocycles. The van der Waals surface area contributed by atoms with Gasteiger partial charge in [0.15, 0.2) is 6.10 Å². The molecule has 1 aromatic heterocycles. The summed E-state index contributed by atoms with van der Waals surface area (Å²) < 4.78 is 34.4. The van der Waals surface area contributed by atoms with Gasteiger partial charge >= 0.3 is 12.6 Å². The van der Waals surface area contributed by atoms with Crippen LogP contribution in [0.25, 0.3) is 17.0 Å². The molecule has 3 aromatic rings. The molecular weight excluding hydrogens is 394 g/mol. The van der Waals surface area contributed by atoms with Crippen LogP contribution in [0.2, 0.25) is 0 Å². The molecule has 8 heteroatoms. The summed E-state index contributed by atoms with van der Waals surface area (Å²) in [5.74, 6) is -1.61. The molecule has 1 unspecified atom stereocenters. The molecule has 0 saturated carbocycles. The molecule has 1 heterocycles. The fourth-order valence-corrected chi connectivity index (χ4v) is 2.69. The third-order valence-corrected chi connectivity index (χ3v) is 4.09. The number of alkyl halides is 2. The van der Waals surface area contributed by atoms with Crippen LogP contribution in [0.3, 0.4) is 0 Å². The van der Waals surface area contributed by atoms with Crippen LogP contribution in [0, 0.1) is 0 Å². The largest absolute Gasteiger partial charge is 0.449 e.